The number of ether oxygens (including phenoxy) is 1. The first-order chi connectivity index (χ1) is 13.3. The van der Waals surface area contributed by atoms with Gasteiger partial charge >= 0.3 is 0 Å². The molecule has 5 nitrogen and oxygen atoms in total. The normalized spacial score (nSPS) is 10.4. The molecule has 1 N–H and O–H groups in total. The Morgan fingerprint density at radius 2 is 1.78 bits per heavy atom. The molecule has 2 aromatic carbocycles. The number of anilines is 2. The number of hydrogen-bond acceptors (Lipinski definition) is 5. The third kappa shape index (κ3) is 5.20. The number of hydrogen-bond donors (Lipinski definition) is 1. The van der Waals surface area contributed by atoms with Crippen molar-refractivity contribution in [3.8, 4) is 5.75 Å². The van der Waals surface area contributed by atoms with Crippen LogP contribution in [0.15, 0.2) is 66.9 Å². The van der Waals surface area contributed by atoms with E-state index in [1.807, 2.05) is 30.3 Å². The molecule has 0 radical (unpaired) electrons. The Kier molecular flexibility index (Phi) is 6.63. The fraction of sp³-hybridized carbons (Fsp3) is 0.273. The van der Waals surface area contributed by atoms with Crippen LogP contribution in [0.4, 0.5) is 11.8 Å². The van der Waals surface area contributed by atoms with Crippen molar-refractivity contribution in [3.63, 3.8) is 0 Å². The molecule has 0 aliphatic carbocycles. The third-order valence-electron chi connectivity index (χ3n) is 4.42. The molecule has 5 heteroatoms. The summed E-state index contributed by atoms with van der Waals surface area (Å²) in [7, 11) is 1.70. The SMILES string of the molecule is CCN(Cc1ccccc1)c1nccc(NCCc2ccccc2OC)n1. The summed E-state index contributed by atoms with van der Waals surface area (Å²) in [6.45, 7) is 4.54. The summed E-state index contributed by atoms with van der Waals surface area (Å²) in [5.41, 5.74) is 2.43. The standard InChI is InChI=1S/C22H26N4O/c1-3-26(17-18-9-5-4-6-10-18)22-24-16-14-21(25-22)23-15-13-19-11-7-8-12-20(19)27-2/h4-12,14,16H,3,13,15,17H2,1-2H3,(H,23,24,25). The lowest BCUT2D eigenvalue weighted by Crippen LogP contribution is -2.24. The number of benzene rings is 2. The minimum Gasteiger partial charge on any atom is -0.496 e. The van der Waals surface area contributed by atoms with Gasteiger partial charge in [0.15, 0.2) is 0 Å². The van der Waals surface area contributed by atoms with Gasteiger partial charge in [-0.1, -0.05) is 48.5 Å². The highest BCUT2D eigenvalue weighted by atomic mass is 16.5. The fourth-order valence-electron chi connectivity index (χ4n) is 2.96. The Morgan fingerprint density at radius 3 is 2.56 bits per heavy atom. The minimum absolute atomic E-state index is 0.739. The van der Waals surface area contributed by atoms with Crippen LogP contribution in [0.2, 0.25) is 0 Å². The Morgan fingerprint density at radius 1 is 1.00 bits per heavy atom. The predicted molar refractivity (Wildman–Crippen MR) is 110 cm³/mol. The lowest BCUT2D eigenvalue weighted by atomic mass is 10.1. The van der Waals surface area contributed by atoms with Gasteiger partial charge in [0.05, 0.1) is 7.11 Å². The van der Waals surface area contributed by atoms with Gasteiger partial charge in [-0.15, -0.1) is 0 Å². The molecule has 0 aliphatic heterocycles. The van der Waals surface area contributed by atoms with Gasteiger partial charge in [-0.25, -0.2) is 4.98 Å². The van der Waals surface area contributed by atoms with Gasteiger partial charge in [-0.2, -0.15) is 4.98 Å². The Balaban J connectivity index is 1.62. The molecule has 0 unspecified atom stereocenters. The van der Waals surface area contributed by atoms with Crippen LogP contribution < -0.4 is 15.0 Å². The van der Waals surface area contributed by atoms with Crippen LogP contribution in [0, 0.1) is 0 Å². The molecule has 3 aromatic rings. The largest absolute Gasteiger partial charge is 0.496 e. The first-order valence-electron chi connectivity index (χ1n) is 9.28. The summed E-state index contributed by atoms with van der Waals surface area (Å²) >= 11 is 0. The maximum atomic E-state index is 5.41. The van der Waals surface area contributed by atoms with E-state index in [2.05, 4.69) is 57.4 Å². The highest BCUT2D eigenvalue weighted by Gasteiger charge is 2.09. The molecular formula is C22H26N4O. The topological polar surface area (TPSA) is 50.3 Å². The Labute approximate surface area is 161 Å². The Bertz CT molecular complexity index is 838. The summed E-state index contributed by atoms with van der Waals surface area (Å²) in [5, 5.41) is 3.39. The van der Waals surface area contributed by atoms with E-state index in [0.717, 1.165) is 43.6 Å². The average Bonchev–Trinajstić information content (AvgIpc) is 2.73. The van der Waals surface area contributed by atoms with E-state index in [1.54, 1.807) is 13.3 Å². The number of nitrogens with zero attached hydrogens (tertiary/aromatic N) is 3. The molecule has 1 heterocycles. The Hall–Kier alpha value is -3.08. The quantitative estimate of drug-likeness (QED) is 0.619. The summed E-state index contributed by atoms with van der Waals surface area (Å²) < 4.78 is 5.41. The summed E-state index contributed by atoms with van der Waals surface area (Å²) in [6, 6.07) is 20.4. The maximum Gasteiger partial charge on any atom is 0.227 e. The lowest BCUT2D eigenvalue weighted by molar-refractivity contribution is 0.410. The molecule has 0 saturated carbocycles. The van der Waals surface area contributed by atoms with Crippen molar-refractivity contribution in [1.82, 2.24) is 9.97 Å². The van der Waals surface area contributed by atoms with Crippen LogP contribution in [-0.4, -0.2) is 30.2 Å². The molecule has 0 saturated heterocycles. The lowest BCUT2D eigenvalue weighted by Gasteiger charge is -2.21. The maximum absolute atomic E-state index is 5.41. The number of aromatic nitrogens is 2. The van der Waals surface area contributed by atoms with E-state index in [0.29, 0.717) is 0 Å². The van der Waals surface area contributed by atoms with E-state index in [1.165, 1.54) is 11.1 Å². The highest BCUT2D eigenvalue weighted by molar-refractivity contribution is 5.42. The predicted octanol–water partition coefficient (Wildman–Crippen LogP) is 4.17. The first kappa shape index (κ1) is 18.7. The highest BCUT2D eigenvalue weighted by Crippen LogP contribution is 2.18. The van der Waals surface area contributed by atoms with Crippen LogP contribution in [0.3, 0.4) is 0 Å². The molecule has 140 valence electrons. The van der Waals surface area contributed by atoms with Crippen molar-refractivity contribution in [2.24, 2.45) is 0 Å². The van der Waals surface area contributed by atoms with Gasteiger partial charge in [0.1, 0.15) is 11.6 Å². The molecule has 0 aliphatic rings. The second-order valence-corrected chi connectivity index (χ2v) is 6.23. The molecule has 0 fully saturated rings. The summed E-state index contributed by atoms with van der Waals surface area (Å²) in [6.07, 6.45) is 2.67. The van der Waals surface area contributed by atoms with Gasteiger partial charge < -0.3 is 15.0 Å². The van der Waals surface area contributed by atoms with Gasteiger partial charge in [0.25, 0.3) is 0 Å². The third-order valence-corrected chi connectivity index (χ3v) is 4.42. The van der Waals surface area contributed by atoms with Gasteiger partial charge in [0.2, 0.25) is 5.95 Å². The second kappa shape index (κ2) is 9.57. The molecule has 0 amide bonds. The van der Waals surface area contributed by atoms with Crippen LogP contribution in [0.25, 0.3) is 0 Å². The molecule has 3 rings (SSSR count). The first-order valence-corrected chi connectivity index (χ1v) is 9.28. The molecule has 0 spiro atoms. The van der Waals surface area contributed by atoms with Crippen LogP contribution in [0.1, 0.15) is 18.1 Å². The van der Waals surface area contributed by atoms with E-state index < -0.39 is 0 Å². The zero-order chi connectivity index (χ0) is 18.9. The van der Waals surface area contributed by atoms with Crippen LogP contribution in [0.5, 0.6) is 5.75 Å². The molecular weight excluding hydrogens is 336 g/mol. The van der Waals surface area contributed by atoms with Crippen molar-refractivity contribution < 1.29 is 4.74 Å². The fourth-order valence-corrected chi connectivity index (χ4v) is 2.96. The zero-order valence-electron chi connectivity index (χ0n) is 15.9. The smallest absolute Gasteiger partial charge is 0.227 e. The molecule has 0 atom stereocenters. The van der Waals surface area contributed by atoms with Gasteiger partial charge in [-0.3, -0.25) is 0 Å². The van der Waals surface area contributed by atoms with E-state index in [-0.39, 0.29) is 0 Å². The van der Waals surface area contributed by atoms with Crippen molar-refractivity contribution in [3.05, 3.63) is 78.0 Å². The van der Waals surface area contributed by atoms with Gasteiger partial charge in [-0.05, 0) is 36.6 Å². The molecule has 27 heavy (non-hydrogen) atoms. The average molecular weight is 362 g/mol. The summed E-state index contributed by atoms with van der Waals surface area (Å²) in [4.78, 5) is 11.3. The number of nitrogens with one attached hydrogen (secondary N) is 1. The number of methoxy groups -OCH3 is 1. The van der Waals surface area contributed by atoms with Crippen LogP contribution >= 0.6 is 0 Å². The van der Waals surface area contributed by atoms with Crippen molar-refractivity contribution in [2.75, 3.05) is 30.4 Å². The van der Waals surface area contributed by atoms with Crippen molar-refractivity contribution in [2.45, 2.75) is 19.9 Å². The van der Waals surface area contributed by atoms with Gasteiger partial charge in [0, 0.05) is 25.8 Å². The zero-order valence-corrected chi connectivity index (χ0v) is 15.9. The number of rotatable bonds is 9. The molecule has 1 aromatic heterocycles. The number of para-hydroxylation sites is 1. The molecule has 0 bridgehead atoms. The second-order valence-electron chi connectivity index (χ2n) is 6.23. The van der Waals surface area contributed by atoms with E-state index in [9.17, 15) is 0 Å². The summed E-state index contributed by atoms with van der Waals surface area (Å²) in [5.74, 6) is 2.49. The van der Waals surface area contributed by atoms with E-state index >= 15 is 0 Å². The van der Waals surface area contributed by atoms with Crippen molar-refractivity contribution >= 4 is 11.8 Å². The van der Waals surface area contributed by atoms with E-state index in [4.69, 9.17) is 4.74 Å². The van der Waals surface area contributed by atoms with Crippen LogP contribution in [-0.2, 0) is 13.0 Å². The van der Waals surface area contributed by atoms with Crippen molar-refractivity contribution in [1.29, 1.82) is 0 Å². The monoisotopic (exact) mass is 362 g/mol. The minimum atomic E-state index is 0.739.